The van der Waals surface area contributed by atoms with E-state index >= 15 is 0 Å². The van der Waals surface area contributed by atoms with Gasteiger partial charge in [-0.1, -0.05) is 31.4 Å². The minimum Gasteiger partial charge on any atom is -0.388 e. The lowest BCUT2D eigenvalue weighted by Crippen LogP contribution is -2.40. The molecule has 4 nitrogen and oxygen atoms in total. The number of aromatic nitrogens is 2. The molecule has 1 aliphatic rings. The quantitative estimate of drug-likeness (QED) is 0.853. The van der Waals surface area contributed by atoms with Gasteiger partial charge in [0, 0.05) is 19.2 Å². The summed E-state index contributed by atoms with van der Waals surface area (Å²) in [4.78, 5) is 10.3. The molecular formula is C13H20ClN3O. The topological polar surface area (TPSA) is 49.2 Å². The van der Waals surface area contributed by atoms with Crippen LogP contribution < -0.4 is 4.90 Å². The Labute approximate surface area is 113 Å². The van der Waals surface area contributed by atoms with Gasteiger partial charge in [-0.15, -0.1) is 0 Å². The van der Waals surface area contributed by atoms with Gasteiger partial charge in [-0.25, -0.2) is 9.97 Å². The largest absolute Gasteiger partial charge is 0.388 e. The van der Waals surface area contributed by atoms with Crippen molar-refractivity contribution in [2.75, 3.05) is 18.5 Å². The summed E-state index contributed by atoms with van der Waals surface area (Å²) in [6.45, 7) is 2.64. The lowest BCUT2D eigenvalue weighted by atomic mass is 10.0. The molecule has 1 aliphatic carbocycles. The van der Waals surface area contributed by atoms with Gasteiger partial charge < -0.3 is 10.0 Å². The first kappa shape index (κ1) is 13.6. The highest BCUT2D eigenvalue weighted by Gasteiger charge is 2.33. The summed E-state index contributed by atoms with van der Waals surface area (Å²) in [5, 5.41) is 10.9. The fourth-order valence-corrected chi connectivity index (χ4v) is 2.98. The van der Waals surface area contributed by atoms with Gasteiger partial charge in [-0.3, -0.25) is 0 Å². The predicted octanol–water partition coefficient (Wildman–Crippen LogP) is 2.43. The molecule has 1 heterocycles. The van der Waals surface area contributed by atoms with Crippen molar-refractivity contribution in [2.45, 2.75) is 44.6 Å². The van der Waals surface area contributed by atoms with E-state index in [-0.39, 0.29) is 0 Å². The monoisotopic (exact) mass is 269 g/mol. The lowest BCUT2D eigenvalue weighted by molar-refractivity contribution is 0.0557. The molecule has 0 aliphatic heterocycles. The van der Waals surface area contributed by atoms with Crippen LogP contribution in [0, 0.1) is 0 Å². The Morgan fingerprint density at radius 1 is 1.39 bits per heavy atom. The summed E-state index contributed by atoms with van der Waals surface area (Å²) in [5.41, 5.74) is 0.375. The maximum Gasteiger partial charge on any atom is 0.137 e. The van der Waals surface area contributed by atoms with E-state index < -0.39 is 5.60 Å². The van der Waals surface area contributed by atoms with Crippen molar-refractivity contribution in [2.24, 2.45) is 0 Å². The molecule has 1 aromatic heterocycles. The van der Waals surface area contributed by atoms with Gasteiger partial charge in [0.1, 0.15) is 17.3 Å². The van der Waals surface area contributed by atoms with Crippen LogP contribution in [0.5, 0.6) is 0 Å². The Bertz CT molecular complexity index is 419. The number of halogens is 1. The van der Waals surface area contributed by atoms with E-state index in [0.29, 0.717) is 11.7 Å². The SMILES string of the molecule is CCc1c(Cl)ncnc1N(C)CC1(O)CCCC1. The van der Waals surface area contributed by atoms with Crippen LogP contribution in [-0.4, -0.2) is 34.3 Å². The summed E-state index contributed by atoms with van der Waals surface area (Å²) < 4.78 is 0. The molecule has 0 amide bonds. The lowest BCUT2D eigenvalue weighted by Gasteiger charge is -2.30. The average Bonchev–Trinajstić information content (AvgIpc) is 2.75. The van der Waals surface area contributed by atoms with E-state index in [4.69, 9.17) is 11.6 Å². The van der Waals surface area contributed by atoms with Crippen LogP contribution in [0.2, 0.25) is 5.15 Å². The van der Waals surface area contributed by atoms with Crippen LogP contribution in [0.1, 0.15) is 38.2 Å². The molecule has 0 atom stereocenters. The molecule has 0 bridgehead atoms. The van der Waals surface area contributed by atoms with Gasteiger partial charge >= 0.3 is 0 Å². The number of hydrogen-bond acceptors (Lipinski definition) is 4. The standard InChI is InChI=1S/C13H20ClN3O/c1-3-10-11(14)15-9-16-12(10)17(2)8-13(18)6-4-5-7-13/h9,18H,3-8H2,1-2H3. The van der Waals surface area contributed by atoms with Gasteiger partial charge in [-0.05, 0) is 19.3 Å². The van der Waals surface area contributed by atoms with Crippen LogP contribution in [-0.2, 0) is 6.42 Å². The number of aliphatic hydroxyl groups is 1. The summed E-state index contributed by atoms with van der Waals surface area (Å²) in [6, 6.07) is 0. The first-order valence-corrected chi connectivity index (χ1v) is 6.86. The second kappa shape index (κ2) is 5.41. The second-order valence-electron chi connectivity index (χ2n) is 5.11. The molecule has 18 heavy (non-hydrogen) atoms. The van der Waals surface area contributed by atoms with E-state index in [1.165, 1.54) is 6.33 Å². The smallest absolute Gasteiger partial charge is 0.137 e. The maximum absolute atomic E-state index is 10.4. The predicted molar refractivity (Wildman–Crippen MR) is 73.1 cm³/mol. The van der Waals surface area contributed by atoms with Crippen molar-refractivity contribution in [3.8, 4) is 0 Å². The normalized spacial score (nSPS) is 18.0. The fraction of sp³-hybridized carbons (Fsp3) is 0.692. The Hall–Kier alpha value is -0.870. The molecule has 0 aromatic carbocycles. The molecule has 100 valence electrons. The third kappa shape index (κ3) is 2.75. The van der Waals surface area contributed by atoms with Crippen molar-refractivity contribution < 1.29 is 5.11 Å². The highest BCUT2D eigenvalue weighted by atomic mass is 35.5. The van der Waals surface area contributed by atoms with E-state index in [0.717, 1.165) is 43.5 Å². The number of likely N-dealkylation sites (N-methyl/N-ethyl adjacent to an activating group) is 1. The molecule has 0 unspecified atom stereocenters. The number of hydrogen-bond donors (Lipinski definition) is 1. The summed E-state index contributed by atoms with van der Waals surface area (Å²) in [5.74, 6) is 0.831. The van der Waals surface area contributed by atoms with Gasteiger partial charge in [0.2, 0.25) is 0 Å². The molecule has 1 N–H and O–H groups in total. The third-order valence-corrected chi connectivity index (χ3v) is 3.98. The van der Waals surface area contributed by atoms with Gasteiger partial charge in [0.15, 0.2) is 0 Å². The van der Waals surface area contributed by atoms with Crippen molar-refractivity contribution in [1.29, 1.82) is 0 Å². The van der Waals surface area contributed by atoms with Crippen LogP contribution in [0.4, 0.5) is 5.82 Å². The molecule has 1 saturated carbocycles. The molecular weight excluding hydrogens is 250 g/mol. The molecule has 0 spiro atoms. The summed E-state index contributed by atoms with van der Waals surface area (Å²) in [6.07, 6.45) is 6.23. The van der Waals surface area contributed by atoms with Crippen LogP contribution in [0.25, 0.3) is 0 Å². The van der Waals surface area contributed by atoms with Crippen LogP contribution >= 0.6 is 11.6 Å². The highest BCUT2D eigenvalue weighted by molar-refractivity contribution is 6.30. The van der Waals surface area contributed by atoms with Crippen LogP contribution in [0.3, 0.4) is 0 Å². The zero-order valence-electron chi connectivity index (χ0n) is 11.0. The first-order chi connectivity index (χ1) is 8.56. The van der Waals surface area contributed by atoms with E-state index in [9.17, 15) is 5.11 Å². The summed E-state index contributed by atoms with van der Waals surface area (Å²) in [7, 11) is 1.95. The average molecular weight is 270 g/mol. The van der Waals surface area contributed by atoms with Gasteiger partial charge in [0.25, 0.3) is 0 Å². The highest BCUT2D eigenvalue weighted by Crippen LogP contribution is 2.32. The molecule has 1 aromatic rings. The van der Waals surface area contributed by atoms with Crippen LogP contribution in [0.15, 0.2) is 6.33 Å². The van der Waals surface area contributed by atoms with Gasteiger partial charge in [0.05, 0.1) is 5.60 Å². The Morgan fingerprint density at radius 2 is 2.06 bits per heavy atom. The number of anilines is 1. The number of rotatable bonds is 4. The van der Waals surface area contributed by atoms with E-state index in [1.54, 1.807) is 0 Å². The molecule has 1 fully saturated rings. The summed E-state index contributed by atoms with van der Waals surface area (Å²) >= 11 is 6.08. The molecule has 0 saturated heterocycles. The van der Waals surface area contributed by atoms with Crippen molar-refractivity contribution in [1.82, 2.24) is 9.97 Å². The molecule has 0 radical (unpaired) electrons. The van der Waals surface area contributed by atoms with Crippen molar-refractivity contribution >= 4 is 17.4 Å². The Kier molecular flexibility index (Phi) is 4.07. The van der Waals surface area contributed by atoms with Crippen molar-refractivity contribution in [3.05, 3.63) is 17.0 Å². The minimum absolute atomic E-state index is 0.507. The zero-order chi connectivity index (χ0) is 13.2. The zero-order valence-corrected chi connectivity index (χ0v) is 11.7. The van der Waals surface area contributed by atoms with Gasteiger partial charge in [-0.2, -0.15) is 0 Å². The Morgan fingerprint density at radius 3 is 2.67 bits per heavy atom. The number of nitrogens with zero attached hydrogens (tertiary/aromatic N) is 3. The van der Waals surface area contributed by atoms with E-state index in [2.05, 4.69) is 9.97 Å². The first-order valence-electron chi connectivity index (χ1n) is 6.48. The molecule has 5 heteroatoms. The molecule has 2 rings (SSSR count). The van der Waals surface area contributed by atoms with E-state index in [1.807, 2.05) is 18.9 Å². The fourth-order valence-electron chi connectivity index (χ4n) is 2.72. The maximum atomic E-state index is 10.4. The second-order valence-corrected chi connectivity index (χ2v) is 5.47. The minimum atomic E-state index is -0.572. The van der Waals surface area contributed by atoms with Crippen molar-refractivity contribution in [3.63, 3.8) is 0 Å². The Balaban J connectivity index is 2.18. The third-order valence-electron chi connectivity index (χ3n) is 3.65.